The van der Waals surface area contributed by atoms with Crippen LogP contribution in [0, 0.1) is 0 Å². The van der Waals surface area contributed by atoms with Crippen molar-refractivity contribution in [3.05, 3.63) is 59.9 Å². The fourth-order valence-corrected chi connectivity index (χ4v) is 3.84. The molecule has 1 heterocycles. The van der Waals surface area contributed by atoms with Crippen molar-refractivity contribution in [2.24, 2.45) is 0 Å². The molecule has 3 atom stereocenters. The Labute approximate surface area is 175 Å². The van der Waals surface area contributed by atoms with Gasteiger partial charge in [-0.25, -0.2) is 0 Å². The highest BCUT2D eigenvalue weighted by atomic mass is 16.7. The summed E-state index contributed by atoms with van der Waals surface area (Å²) in [5, 5.41) is 0. The zero-order valence-electron chi connectivity index (χ0n) is 18.0. The number of methoxy groups -OCH3 is 1. The lowest BCUT2D eigenvalue weighted by molar-refractivity contribution is -0.185. The molecule has 0 saturated heterocycles. The number of rotatable bonds is 10. The van der Waals surface area contributed by atoms with Gasteiger partial charge in [0.2, 0.25) is 6.29 Å². The van der Waals surface area contributed by atoms with Gasteiger partial charge in [-0.05, 0) is 55.0 Å². The molecule has 3 unspecified atom stereocenters. The summed E-state index contributed by atoms with van der Waals surface area (Å²) in [5.41, 5.74) is 2.31. The quantitative estimate of drug-likeness (QED) is 0.468. The van der Waals surface area contributed by atoms with Crippen molar-refractivity contribution in [1.82, 2.24) is 4.98 Å². The van der Waals surface area contributed by atoms with Crippen LogP contribution >= 0.6 is 0 Å². The molecular weight excluding hydrogens is 362 g/mol. The van der Waals surface area contributed by atoms with Crippen LogP contribution in [-0.2, 0) is 15.9 Å². The average molecular weight is 398 g/mol. The second kappa shape index (κ2) is 11.3. The third-order valence-electron chi connectivity index (χ3n) is 5.94. The summed E-state index contributed by atoms with van der Waals surface area (Å²) in [7, 11) is 1.72. The van der Waals surface area contributed by atoms with Gasteiger partial charge in [-0.3, -0.25) is 4.98 Å². The minimum atomic E-state index is -0.459. The first-order valence-corrected chi connectivity index (χ1v) is 11.0. The number of nitrogens with zero attached hydrogens (tertiary/aromatic N) is 1. The van der Waals surface area contributed by atoms with E-state index in [0.29, 0.717) is 12.3 Å². The highest BCUT2D eigenvalue weighted by Crippen LogP contribution is 2.27. The van der Waals surface area contributed by atoms with Crippen LogP contribution in [0.3, 0.4) is 0 Å². The van der Waals surface area contributed by atoms with Gasteiger partial charge in [0, 0.05) is 25.4 Å². The summed E-state index contributed by atoms with van der Waals surface area (Å²) in [6, 6.07) is 14.4. The van der Waals surface area contributed by atoms with E-state index in [1.165, 1.54) is 24.8 Å². The van der Waals surface area contributed by atoms with Crippen molar-refractivity contribution in [3.8, 4) is 5.75 Å². The largest absolute Gasteiger partial charge is 0.462 e. The minimum absolute atomic E-state index is 0.221. The lowest BCUT2D eigenvalue weighted by atomic mass is 9.97. The first kappa shape index (κ1) is 21.8. The van der Waals surface area contributed by atoms with Crippen LogP contribution in [0.4, 0.5) is 0 Å². The molecule has 0 aliphatic heterocycles. The molecule has 1 aliphatic carbocycles. The van der Waals surface area contributed by atoms with Crippen LogP contribution < -0.4 is 4.74 Å². The van der Waals surface area contributed by atoms with Gasteiger partial charge in [0.15, 0.2) is 0 Å². The molecule has 0 radical (unpaired) electrons. The Balaban J connectivity index is 1.73. The van der Waals surface area contributed by atoms with Crippen molar-refractivity contribution in [2.45, 2.75) is 83.2 Å². The number of aromatic nitrogens is 1. The van der Waals surface area contributed by atoms with Crippen LogP contribution in [0.2, 0.25) is 0 Å². The average Bonchev–Trinajstić information content (AvgIpc) is 2.78. The summed E-state index contributed by atoms with van der Waals surface area (Å²) in [6.45, 7) is 4.46. The van der Waals surface area contributed by atoms with Crippen molar-refractivity contribution < 1.29 is 14.2 Å². The highest BCUT2D eigenvalue weighted by molar-refractivity contribution is 5.29. The molecule has 3 rings (SSSR count). The van der Waals surface area contributed by atoms with Crippen molar-refractivity contribution in [1.29, 1.82) is 0 Å². The number of ether oxygens (including phenoxy) is 3. The van der Waals surface area contributed by atoms with Gasteiger partial charge in [0.25, 0.3) is 0 Å². The molecule has 0 spiro atoms. The second-order valence-corrected chi connectivity index (χ2v) is 8.06. The molecule has 1 aromatic heterocycles. The molecule has 2 aromatic rings. The number of benzene rings is 1. The van der Waals surface area contributed by atoms with Crippen molar-refractivity contribution in [2.75, 3.05) is 7.11 Å². The first-order valence-electron chi connectivity index (χ1n) is 11.0. The van der Waals surface area contributed by atoms with E-state index in [9.17, 15) is 0 Å². The fraction of sp³-hybridized carbons (Fsp3) is 0.560. The van der Waals surface area contributed by atoms with E-state index >= 15 is 0 Å². The molecule has 1 saturated carbocycles. The number of hydrogen-bond donors (Lipinski definition) is 0. The van der Waals surface area contributed by atoms with Gasteiger partial charge in [-0.15, -0.1) is 0 Å². The van der Waals surface area contributed by atoms with Gasteiger partial charge < -0.3 is 14.2 Å². The molecule has 0 N–H and O–H groups in total. The molecule has 0 bridgehead atoms. The predicted molar refractivity (Wildman–Crippen MR) is 116 cm³/mol. The van der Waals surface area contributed by atoms with E-state index in [4.69, 9.17) is 14.2 Å². The van der Waals surface area contributed by atoms with E-state index in [1.807, 2.05) is 36.5 Å². The van der Waals surface area contributed by atoms with Crippen LogP contribution in [0.25, 0.3) is 0 Å². The maximum Gasteiger partial charge on any atom is 0.226 e. The lowest BCUT2D eigenvalue weighted by Crippen LogP contribution is -2.40. The van der Waals surface area contributed by atoms with Crippen molar-refractivity contribution in [3.63, 3.8) is 0 Å². The Hall–Kier alpha value is -1.91. The molecule has 29 heavy (non-hydrogen) atoms. The van der Waals surface area contributed by atoms with E-state index in [0.717, 1.165) is 30.7 Å². The monoisotopic (exact) mass is 397 g/mol. The van der Waals surface area contributed by atoms with Gasteiger partial charge in [-0.2, -0.15) is 0 Å². The SMILES string of the molecule is CCC(C)c1ccc(OC(OC2CCCCC2)C(Cc2ccccn2)OC)cc1. The molecule has 1 aliphatic rings. The van der Waals surface area contributed by atoms with Gasteiger partial charge in [0.1, 0.15) is 11.9 Å². The standard InChI is InChI=1S/C25H35NO3/c1-4-19(2)20-13-15-23(16-14-20)29-25(28-22-11-6-5-7-12-22)24(27-3)18-21-10-8-9-17-26-21/h8-10,13-17,19,22,24-25H,4-7,11-12,18H2,1-3H3. The summed E-state index contributed by atoms with van der Waals surface area (Å²) < 4.78 is 18.6. The Bertz CT molecular complexity index is 698. The molecule has 4 heteroatoms. The third-order valence-corrected chi connectivity index (χ3v) is 5.94. The Morgan fingerprint density at radius 1 is 1.03 bits per heavy atom. The molecule has 158 valence electrons. The van der Waals surface area contributed by atoms with Crippen LogP contribution in [0.15, 0.2) is 48.7 Å². The predicted octanol–water partition coefficient (Wildman–Crippen LogP) is 5.91. The normalized spacial score (nSPS) is 18.2. The first-order chi connectivity index (χ1) is 14.2. The third kappa shape index (κ3) is 6.55. The van der Waals surface area contributed by atoms with Gasteiger partial charge in [-0.1, -0.05) is 51.3 Å². The van der Waals surface area contributed by atoms with E-state index in [-0.39, 0.29) is 12.2 Å². The lowest BCUT2D eigenvalue weighted by Gasteiger charge is -2.32. The molecule has 1 aromatic carbocycles. The molecule has 0 amide bonds. The van der Waals surface area contributed by atoms with Crippen LogP contribution in [0.1, 0.15) is 69.5 Å². The molecule has 4 nitrogen and oxygen atoms in total. The number of pyridine rings is 1. The van der Waals surface area contributed by atoms with Gasteiger partial charge in [0.05, 0.1) is 6.10 Å². The van der Waals surface area contributed by atoms with Crippen LogP contribution in [-0.4, -0.2) is 30.6 Å². The Morgan fingerprint density at radius 2 is 1.79 bits per heavy atom. The molecular formula is C25H35NO3. The second-order valence-electron chi connectivity index (χ2n) is 8.06. The van der Waals surface area contributed by atoms with Crippen LogP contribution in [0.5, 0.6) is 5.75 Å². The van der Waals surface area contributed by atoms with E-state index < -0.39 is 6.29 Å². The van der Waals surface area contributed by atoms with E-state index in [2.05, 4.69) is 31.0 Å². The van der Waals surface area contributed by atoms with Crippen molar-refractivity contribution >= 4 is 0 Å². The number of hydrogen-bond acceptors (Lipinski definition) is 4. The zero-order chi connectivity index (χ0) is 20.5. The summed E-state index contributed by atoms with van der Waals surface area (Å²) in [4.78, 5) is 4.45. The molecule has 1 fully saturated rings. The Kier molecular flexibility index (Phi) is 8.51. The van der Waals surface area contributed by atoms with Gasteiger partial charge >= 0.3 is 0 Å². The summed E-state index contributed by atoms with van der Waals surface area (Å²) >= 11 is 0. The Morgan fingerprint density at radius 3 is 2.41 bits per heavy atom. The maximum absolute atomic E-state index is 6.44. The topological polar surface area (TPSA) is 40.6 Å². The maximum atomic E-state index is 6.44. The van der Waals surface area contributed by atoms with E-state index in [1.54, 1.807) is 7.11 Å². The smallest absolute Gasteiger partial charge is 0.226 e. The minimum Gasteiger partial charge on any atom is -0.462 e. The fourth-order valence-electron chi connectivity index (χ4n) is 3.84. The highest BCUT2D eigenvalue weighted by Gasteiger charge is 2.29. The summed E-state index contributed by atoms with van der Waals surface area (Å²) in [6.07, 6.45) is 9.06. The zero-order valence-corrected chi connectivity index (χ0v) is 18.0. The summed E-state index contributed by atoms with van der Waals surface area (Å²) in [5.74, 6) is 1.37.